The van der Waals surface area contributed by atoms with Gasteiger partial charge in [0.25, 0.3) is 11.8 Å². The van der Waals surface area contributed by atoms with Gasteiger partial charge in [0.1, 0.15) is 12.3 Å². The number of methoxy groups -OCH3 is 1. The van der Waals surface area contributed by atoms with Gasteiger partial charge in [-0.1, -0.05) is 12.1 Å². The summed E-state index contributed by atoms with van der Waals surface area (Å²) in [5, 5.41) is 2.42. The van der Waals surface area contributed by atoms with Crippen LogP contribution in [-0.2, 0) is 24.2 Å². The molecule has 0 saturated carbocycles. The maximum Gasteiger partial charge on any atom is 0.326 e. The van der Waals surface area contributed by atoms with Crippen molar-refractivity contribution in [3.63, 3.8) is 0 Å². The maximum atomic E-state index is 12.4. The second-order valence-electron chi connectivity index (χ2n) is 6.52. The van der Waals surface area contributed by atoms with Gasteiger partial charge in [-0.25, -0.2) is 8.42 Å². The molecule has 2 rings (SSSR count). The number of sulfone groups is 1. The summed E-state index contributed by atoms with van der Waals surface area (Å²) < 4.78 is 33.3. The van der Waals surface area contributed by atoms with Crippen molar-refractivity contribution in [2.45, 2.75) is 25.5 Å². The molecule has 0 aromatic heterocycles. The van der Waals surface area contributed by atoms with Crippen LogP contribution in [0, 0.1) is 0 Å². The van der Waals surface area contributed by atoms with Gasteiger partial charge in [0.15, 0.2) is 15.9 Å². The molecule has 0 bridgehead atoms. The number of para-hydroxylation sites is 1. The zero-order chi connectivity index (χ0) is 20.9. The molecule has 2 atom stereocenters. The summed E-state index contributed by atoms with van der Waals surface area (Å²) in [6.45, 7) is 0.984. The lowest BCUT2D eigenvalue weighted by Gasteiger charge is -2.26. The van der Waals surface area contributed by atoms with Crippen molar-refractivity contribution in [2.24, 2.45) is 0 Å². The molecule has 0 unspecified atom stereocenters. The number of carbonyl (C=O) groups excluding carboxylic acids is 3. The smallest absolute Gasteiger partial charge is 0.326 e. The molecule has 1 heterocycles. The predicted octanol–water partition coefficient (Wildman–Crippen LogP) is 0.00220. The Hall–Kier alpha value is -2.62. The zero-order valence-corrected chi connectivity index (χ0v) is 16.8. The minimum atomic E-state index is -3.13. The molecular weight excluding hydrogens is 388 g/mol. The first kappa shape index (κ1) is 21.7. The number of amides is 2. The molecule has 1 saturated heterocycles. The van der Waals surface area contributed by atoms with Crippen molar-refractivity contribution in [3.8, 4) is 5.75 Å². The lowest BCUT2D eigenvalue weighted by Crippen LogP contribution is -2.44. The van der Waals surface area contributed by atoms with E-state index in [4.69, 9.17) is 9.47 Å². The standard InChI is InChI=1S/C18H24N2O7S/c1-12(18(23)20(2)13-8-9-28(24,25)11-13)27-16(21)10-19-17(22)14-6-4-5-7-15(14)26-3/h4-7,12-13H,8-11H2,1-3H3,(H,19,22)/t12-,13-/m0/s1. The van der Waals surface area contributed by atoms with Crippen LogP contribution in [0.3, 0.4) is 0 Å². The molecule has 154 valence electrons. The number of carbonyl (C=O) groups is 3. The average Bonchev–Trinajstić information content (AvgIpc) is 3.04. The molecule has 28 heavy (non-hydrogen) atoms. The molecule has 0 radical (unpaired) electrons. The number of likely N-dealkylation sites (N-methyl/N-ethyl adjacent to an activating group) is 1. The monoisotopic (exact) mass is 412 g/mol. The third-order valence-corrected chi connectivity index (χ3v) is 6.25. The number of hydrogen-bond donors (Lipinski definition) is 1. The number of nitrogens with zero attached hydrogens (tertiary/aromatic N) is 1. The Labute approximate surface area is 163 Å². The fourth-order valence-corrected chi connectivity index (χ4v) is 4.69. The number of esters is 1. The third-order valence-electron chi connectivity index (χ3n) is 4.50. The number of benzene rings is 1. The van der Waals surface area contributed by atoms with Crippen LogP contribution in [-0.4, -0.2) is 75.5 Å². The largest absolute Gasteiger partial charge is 0.496 e. The number of ether oxygens (including phenoxy) is 2. The van der Waals surface area contributed by atoms with Crippen LogP contribution < -0.4 is 10.1 Å². The molecular formula is C18H24N2O7S. The Morgan fingerprint density at radius 1 is 1.29 bits per heavy atom. The van der Waals surface area contributed by atoms with Gasteiger partial charge in [-0.2, -0.15) is 0 Å². The number of hydrogen-bond acceptors (Lipinski definition) is 7. The van der Waals surface area contributed by atoms with Crippen LogP contribution in [0.1, 0.15) is 23.7 Å². The Balaban J connectivity index is 1.85. The highest BCUT2D eigenvalue weighted by Crippen LogP contribution is 2.18. The van der Waals surface area contributed by atoms with Crippen molar-refractivity contribution in [1.29, 1.82) is 0 Å². The maximum absolute atomic E-state index is 12.4. The molecule has 1 N–H and O–H groups in total. The topological polar surface area (TPSA) is 119 Å². The van der Waals surface area contributed by atoms with E-state index >= 15 is 0 Å². The molecule has 10 heteroatoms. The average molecular weight is 412 g/mol. The van der Waals surface area contributed by atoms with E-state index in [0.29, 0.717) is 12.2 Å². The van der Waals surface area contributed by atoms with Crippen molar-refractivity contribution in [1.82, 2.24) is 10.2 Å². The van der Waals surface area contributed by atoms with E-state index in [9.17, 15) is 22.8 Å². The van der Waals surface area contributed by atoms with E-state index in [0.717, 1.165) is 0 Å². The molecule has 1 aromatic carbocycles. The summed E-state index contributed by atoms with van der Waals surface area (Å²) in [5.74, 6) is -1.47. The first-order valence-electron chi connectivity index (χ1n) is 8.72. The van der Waals surface area contributed by atoms with Crippen LogP contribution in [0.5, 0.6) is 5.75 Å². The van der Waals surface area contributed by atoms with Gasteiger partial charge in [-0.3, -0.25) is 14.4 Å². The highest BCUT2D eigenvalue weighted by Gasteiger charge is 2.34. The Bertz CT molecular complexity index is 853. The third kappa shape index (κ3) is 5.44. The molecule has 1 aromatic rings. The highest BCUT2D eigenvalue weighted by atomic mass is 32.2. The lowest BCUT2D eigenvalue weighted by molar-refractivity contribution is -0.158. The van der Waals surface area contributed by atoms with Crippen LogP contribution in [0.25, 0.3) is 0 Å². The van der Waals surface area contributed by atoms with E-state index < -0.39 is 46.3 Å². The summed E-state index contributed by atoms with van der Waals surface area (Å²) in [7, 11) is -0.214. The summed E-state index contributed by atoms with van der Waals surface area (Å²) in [4.78, 5) is 37.8. The van der Waals surface area contributed by atoms with E-state index in [-0.39, 0.29) is 17.1 Å². The summed E-state index contributed by atoms with van der Waals surface area (Å²) in [6, 6.07) is 6.12. The van der Waals surface area contributed by atoms with Crippen molar-refractivity contribution >= 4 is 27.6 Å². The van der Waals surface area contributed by atoms with Crippen LogP contribution >= 0.6 is 0 Å². The quantitative estimate of drug-likeness (QED) is 0.626. The minimum Gasteiger partial charge on any atom is -0.496 e. The molecule has 2 amide bonds. The van der Waals surface area contributed by atoms with E-state index in [1.807, 2.05) is 0 Å². The second-order valence-corrected chi connectivity index (χ2v) is 8.75. The molecule has 9 nitrogen and oxygen atoms in total. The van der Waals surface area contributed by atoms with E-state index in [1.165, 1.54) is 26.0 Å². The van der Waals surface area contributed by atoms with Crippen molar-refractivity contribution < 1.29 is 32.3 Å². The summed E-state index contributed by atoms with van der Waals surface area (Å²) >= 11 is 0. The van der Waals surface area contributed by atoms with Gasteiger partial charge in [0.05, 0.1) is 24.2 Å². The van der Waals surface area contributed by atoms with Gasteiger partial charge in [0, 0.05) is 13.1 Å². The van der Waals surface area contributed by atoms with Gasteiger partial charge >= 0.3 is 5.97 Å². The zero-order valence-electron chi connectivity index (χ0n) is 16.0. The molecule has 1 aliphatic heterocycles. The van der Waals surface area contributed by atoms with Crippen LogP contribution in [0.4, 0.5) is 0 Å². The Kier molecular flexibility index (Phi) is 7.00. The molecule has 0 spiro atoms. The Morgan fingerprint density at radius 2 is 1.96 bits per heavy atom. The molecule has 1 fully saturated rings. The molecule has 0 aliphatic carbocycles. The molecule has 1 aliphatic rings. The van der Waals surface area contributed by atoms with Crippen LogP contribution in [0.15, 0.2) is 24.3 Å². The first-order chi connectivity index (χ1) is 13.1. The fourth-order valence-electron chi connectivity index (χ4n) is 2.92. The minimum absolute atomic E-state index is 0.0401. The summed E-state index contributed by atoms with van der Waals surface area (Å²) in [6.07, 6.45) is -0.732. The predicted molar refractivity (Wildman–Crippen MR) is 101 cm³/mol. The summed E-state index contributed by atoms with van der Waals surface area (Å²) in [5.41, 5.74) is 0.268. The van der Waals surface area contributed by atoms with Gasteiger partial charge < -0.3 is 19.7 Å². The highest BCUT2D eigenvalue weighted by molar-refractivity contribution is 7.91. The van der Waals surface area contributed by atoms with Crippen molar-refractivity contribution in [2.75, 3.05) is 32.2 Å². The fraction of sp³-hybridized carbons (Fsp3) is 0.500. The van der Waals surface area contributed by atoms with Crippen LogP contribution in [0.2, 0.25) is 0 Å². The second kappa shape index (κ2) is 9.05. The van der Waals surface area contributed by atoms with E-state index in [1.54, 1.807) is 24.3 Å². The Morgan fingerprint density at radius 3 is 2.57 bits per heavy atom. The van der Waals surface area contributed by atoms with Gasteiger partial charge in [0.2, 0.25) is 0 Å². The SMILES string of the molecule is COc1ccccc1C(=O)NCC(=O)O[C@@H](C)C(=O)N(C)[C@H]1CCS(=O)(=O)C1. The first-order valence-corrected chi connectivity index (χ1v) is 10.5. The normalized spacial score (nSPS) is 18.8. The van der Waals surface area contributed by atoms with Gasteiger partial charge in [-0.05, 0) is 25.5 Å². The lowest BCUT2D eigenvalue weighted by atomic mass is 10.2. The van der Waals surface area contributed by atoms with E-state index in [2.05, 4.69) is 5.32 Å². The van der Waals surface area contributed by atoms with Crippen molar-refractivity contribution in [3.05, 3.63) is 29.8 Å². The number of rotatable bonds is 7. The van der Waals surface area contributed by atoms with Gasteiger partial charge in [-0.15, -0.1) is 0 Å². The number of nitrogens with one attached hydrogen (secondary N) is 1.